The summed E-state index contributed by atoms with van der Waals surface area (Å²) in [7, 11) is 0. The summed E-state index contributed by atoms with van der Waals surface area (Å²) >= 11 is 0. The summed E-state index contributed by atoms with van der Waals surface area (Å²) in [5, 5.41) is 0. The average Bonchev–Trinajstić information content (AvgIpc) is 2.22. The van der Waals surface area contributed by atoms with Gasteiger partial charge in [-0.1, -0.05) is 51.0 Å². The molecular formula is C12H21NO. The summed E-state index contributed by atoms with van der Waals surface area (Å²) in [4.78, 5) is 4.19. The Kier molecular flexibility index (Phi) is 29.8. The fourth-order valence-electron chi connectivity index (χ4n) is 0.242. The second-order valence-corrected chi connectivity index (χ2v) is 1.75. The molecule has 0 aliphatic carbocycles. The van der Waals surface area contributed by atoms with E-state index >= 15 is 0 Å². The van der Waals surface area contributed by atoms with Gasteiger partial charge in [-0.05, 0) is 6.92 Å². The fraction of sp³-hybridized carbons (Fsp3) is 0.333. The predicted molar refractivity (Wildman–Crippen MR) is 64.5 cm³/mol. The van der Waals surface area contributed by atoms with E-state index in [1.165, 1.54) is 0 Å². The van der Waals surface area contributed by atoms with Crippen molar-refractivity contribution < 1.29 is 4.84 Å². The van der Waals surface area contributed by atoms with Gasteiger partial charge in [0.05, 0.1) is 0 Å². The Morgan fingerprint density at radius 3 is 2.14 bits per heavy atom. The molecule has 0 aliphatic heterocycles. The second-order valence-electron chi connectivity index (χ2n) is 1.75. The van der Waals surface area contributed by atoms with Crippen LogP contribution in [-0.2, 0) is 4.84 Å². The van der Waals surface area contributed by atoms with Crippen molar-refractivity contribution in [1.29, 1.82) is 0 Å². The Bertz CT molecular complexity index is 196. The maximum atomic E-state index is 4.70. The molecule has 80 valence electrons. The van der Waals surface area contributed by atoms with Gasteiger partial charge in [-0.25, -0.2) is 5.90 Å². The lowest BCUT2D eigenvalue weighted by molar-refractivity contribution is 0.173. The first-order chi connectivity index (χ1) is 6.72. The van der Waals surface area contributed by atoms with Gasteiger partial charge in [-0.2, -0.15) is 0 Å². The summed E-state index contributed by atoms with van der Waals surface area (Å²) in [5.74, 6) is 9.98. The number of nitrogens with two attached hydrogens (primary N) is 1. The summed E-state index contributed by atoms with van der Waals surface area (Å²) in [6, 6.07) is 0. The smallest absolute Gasteiger partial charge is 0.129 e. The predicted octanol–water partition coefficient (Wildman–Crippen LogP) is 2.84. The van der Waals surface area contributed by atoms with E-state index in [9.17, 15) is 0 Å². The molecule has 0 atom stereocenters. The van der Waals surface area contributed by atoms with Crippen LogP contribution in [-0.4, -0.2) is 6.61 Å². The highest BCUT2D eigenvalue weighted by Crippen LogP contribution is 1.84. The molecule has 0 heterocycles. The van der Waals surface area contributed by atoms with Crippen molar-refractivity contribution in [2.24, 2.45) is 5.90 Å². The average molecular weight is 195 g/mol. The molecule has 0 aromatic rings. The minimum absolute atomic E-state index is 0.229. The Hall–Kier alpha value is -1.30. The molecule has 0 aliphatic rings. The molecule has 0 saturated carbocycles. The molecule has 0 rings (SSSR count). The Labute approximate surface area is 88.1 Å². The van der Waals surface area contributed by atoms with Crippen LogP contribution in [0.15, 0.2) is 37.5 Å². The zero-order chi connectivity index (χ0) is 11.8. The molecule has 0 saturated heterocycles. The monoisotopic (exact) mass is 195 g/mol. The molecule has 14 heavy (non-hydrogen) atoms. The van der Waals surface area contributed by atoms with Gasteiger partial charge in [0.15, 0.2) is 0 Å². The number of allylic oxidation sites excluding steroid dienone is 3. The summed E-state index contributed by atoms with van der Waals surface area (Å²) in [6.45, 7) is 16.5. The van der Waals surface area contributed by atoms with Crippen LogP contribution < -0.4 is 5.90 Å². The topological polar surface area (TPSA) is 35.2 Å². The number of hydrogen-bond acceptors (Lipinski definition) is 2. The summed E-state index contributed by atoms with van der Waals surface area (Å²) in [6.07, 6.45) is 3.32. The highest BCUT2D eigenvalue weighted by atomic mass is 16.6. The first kappa shape index (κ1) is 18.5. The standard InChI is InChI=1S/C7H9NO.C3H6.C2H6/c1-3-7(2)5-4-6-9-8;1-3-2;1-2/h3H,1-2,6,8H2;3H,1H2,2H3;1-2H3. The highest BCUT2D eigenvalue weighted by Gasteiger charge is 1.73. The Morgan fingerprint density at radius 2 is 1.86 bits per heavy atom. The Balaban J connectivity index is -0.000000205. The number of hydrogen-bond donors (Lipinski definition) is 1. The van der Waals surface area contributed by atoms with E-state index in [0.717, 1.165) is 0 Å². The van der Waals surface area contributed by atoms with Gasteiger partial charge in [0.25, 0.3) is 0 Å². The molecule has 0 bridgehead atoms. The van der Waals surface area contributed by atoms with Crippen molar-refractivity contribution in [2.75, 3.05) is 6.61 Å². The molecule has 0 aromatic heterocycles. The number of rotatable bonds is 2. The quantitative estimate of drug-likeness (QED) is 0.318. The van der Waals surface area contributed by atoms with Crippen molar-refractivity contribution in [2.45, 2.75) is 20.8 Å². The lowest BCUT2D eigenvalue weighted by Gasteiger charge is -1.82. The van der Waals surface area contributed by atoms with E-state index in [2.05, 4.69) is 36.4 Å². The molecule has 2 heteroatoms. The summed E-state index contributed by atoms with van der Waals surface area (Å²) in [5.41, 5.74) is 0.673. The van der Waals surface area contributed by atoms with Gasteiger partial charge in [-0.15, -0.1) is 6.58 Å². The highest BCUT2D eigenvalue weighted by molar-refractivity contribution is 5.33. The van der Waals surface area contributed by atoms with Gasteiger partial charge < -0.3 is 0 Å². The lowest BCUT2D eigenvalue weighted by atomic mass is 10.3. The van der Waals surface area contributed by atoms with Gasteiger partial charge in [0, 0.05) is 5.57 Å². The van der Waals surface area contributed by atoms with E-state index in [-0.39, 0.29) is 6.61 Å². The van der Waals surface area contributed by atoms with Crippen molar-refractivity contribution in [3.05, 3.63) is 37.5 Å². The molecule has 0 radical (unpaired) electrons. The van der Waals surface area contributed by atoms with Crippen LogP contribution in [0.3, 0.4) is 0 Å². The minimum Gasteiger partial charge on any atom is -0.292 e. The van der Waals surface area contributed by atoms with Crippen molar-refractivity contribution in [3.63, 3.8) is 0 Å². The SMILES string of the molecule is C=CC.C=CC(=C)C#CCON.CC. The lowest BCUT2D eigenvalue weighted by Crippen LogP contribution is -1.97. The molecular weight excluding hydrogens is 174 g/mol. The van der Waals surface area contributed by atoms with E-state index in [0.29, 0.717) is 5.57 Å². The molecule has 0 fully saturated rings. The third-order valence-corrected chi connectivity index (χ3v) is 0.651. The molecule has 0 amide bonds. The molecule has 0 aromatic carbocycles. The van der Waals surface area contributed by atoms with Crippen LogP contribution in [0.4, 0.5) is 0 Å². The third-order valence-electron chi connectivity index (χ3n) is 0.651. The zero-order valence-corrected chi connectivity index (χ0v) is 9.47. The normalized spacial score (nSPS) is 6.00. The molecule has 2 N–H and O–H groups in total. The van der Waals surface area contributed by atoms with E-state index in [1.54, 1.807) is 12.2 Å². The largest absolute Gasteiger partial charge is 0.292 e. The zero-order valence-electron chi connectivity index (χ0n) is 9.47. The maximum Gasteiger partial charge on any atom is 0.129 e. The van der Waals surface area contributed by atoms with E-state index in [1.807, 2.05) is 20.8 Å². The van der Waals surface area contributed by atoms with Gasteiger partial charge >= 0.3 is 0 Å². The second kappa shape index (κ2) is 22.6. The third kappa shape index (κ3) is 31.0. The van der Waals surface area contributed by atoms with Crippen LogP contribution in [0.25, 0.3) is 0 Å². The minimum atomic E-state index is 0.229. The van der Waals surface area contributed by atoms with E-state index < -0.39 is 0 Å². The van der Waals surface area contributed by atoms with Crippen LogP contribution in [0.5, 0.6) is 0 Å². The van der Waals surface area contributed by atoms with Crippen molar-refractivity contribution in [1.82, 2.24) is 0 Å². The molecule has 2 nitrogen and oxygen atoms in total. The van der Waals surface area contributed by atoms with Gasteiger partial charge in [0.2, 0.25) is 0 Å². The first-order valence-electron chi connectivity index (χ1n) is 4.41. The first-order valence-corrected chi connectivity index (χ1v) is 4.41. The summed E-state index contributed by atoms with van der Waals surface area (Å²) < 4.78 is 0. The van der Waals surface area contributed by atoms with Crippen LogP contribution in [0.1, 0.15) is 20.8 Å². The van der Waals surface area contributed by atoms with Gasteiger partial charge in [-0.3, -0.25) is 4.84 Å². The maximum absolute atomic E-state index is 4.70. The fourth-order valence-corrected chi connectivity index (χ4v) is 0.242. The van der Waals surface area contributed by atoms with E-state index in [4.69, 9.17) is 5.90 Å². The molecule has 0 unspecified atom stereocenters. The van der Waals surface area contributed by atoms with Crippen LogP contribution in [0, 0.1) is 11.8 Å². The van der Waals surface area contributed by atoms with Gasteiger partial charge in [0.1, 0.15) is 6.61 Å². The van der Waals surface area contributed by atoms with Crippen molar-refractivity contribution in [3.8, 4) is 11.8 Å². The Morgan fingerprint density at radius 1 is 1.43 bits per heavy atom. The van der Waals surface area contributed by atoms with Crippen LogP contribution >= 0.6 is 0 Å². The van der Waals surface area contributed by atoms with Crippen LogP contribution in [0.2, 0.25) is 0 Å². The van der Waals surface area contributed by atoms with Crippen molar-refractivity contribution >= 4 is 0 Å². The molecule has 0 spiro atoms.